The summed E-state index contributed by atoms with van der Waals surface area (Å²) in [6.07, 6.45) is 2.91. The highest BCUT2D eigenvalue weighted by Gasteiger charge is 2.29. The molecular formula is C15H24BrN3S. The number of nitrogens with zero attached hydrogens (tertiary/aromatic N) is 2. The largest absolute Gasteiger partial charge is 0.329 e. The van der Waals surface area contributed by atoms with Crippen molar-refractivity contribution in [1.29, 1.82) is 0 Å². The van der Waals surface area contributed by atoms with Crippen LogP contribution in [0.1, 0.15) is 28.6 Å². The summed E-state index contributed by atoms with van der Waals surface area (Å²) in [7, 11) is 0. The summed E-state index contributed by atoms with van der Waals surface area (Å²) in [5.41, 5.74) is 6.06. The molecule has 1 saturated carbocycles. The van der Waals surface area contributed by atoms with Crippen LogP contribution in [0.5, 0.6) is 0 Å². The predicted octanol–water partition coefficient (Wildman–Crippen LogP) is 2.85. The van der Waals surface area contributed by atoms with Crippen molar-refractivity contribution in [2.45, 2.75) is 25.8 Å². The molecule has 1 saturated heterocycles. The SMILES string of the molecule is Cc1sc(C(CN)N2CCN(CC3CC3)CC2)cc1Br. The van der Waals surface area contributed by atoms with E-state index in [1.807, 2.05) is 11.3 Å². The van der Waals surface area contributed by atoms with Crippen LogP contribution in [0.4, 0.5) is 0 Å². The molecule has 5 heteroatoms. The zero-order chi connectivity index (χ0) is 14.1. The third-order valence-electron chi connectivity index (χ3n) is 4.49. The minimum Gasteiger partial charge on any atom is -0.329 e. The van der Waals surface area contributed by atoms with E-state index in [0.29, 0.717) is 6.04 Å². The van der Waals surface area contributed by atoms with E-state index in [-0.39, 0.29) is 0 Å². The average Bonchev–Trinajstić information content (AvgIpc) is 3.19. The maximum absolute atomic E-state index is 6.06. The van der Waals surface area contributed by atoms with E-state index >= 15 is 0 Å². The molecule has 0 spiro atoms. The van der Waals surface area contributed by atoms with Gasteiger partial charge in [-0.15, -0.1) is 11.3 Å². The monoisotopic (exact) mass is 357 g/mol. The van der Waals surface area contributed by atoms with Gasteiger partial charge in [-0.25, -0.2) is 0 Å². The molecule has 112 valence electrons. The first-order chi connectivity index (χ1) is 9.67. The topological polar surface area (TPSA) is 32.5 Å². The molecule has 2 heterocycles. The third-order valence-corrected chi connectivity index (χ3v) is 6.73. The van der Waals surface area contributed by atoms with Crippen molar-refractivity contribution in [2.75, 3.05) is 39.3 Å². The van der Waals surface area contributed by atoms with Crippen molar-refractivity contribution in [2.24, 2.45) is 11.7 Å². The first kappa shape index (κ1) is 15.0. The minimum atomic E-state index is 0.396. The Labute approximate surface area is 134 Å². The first-order valence-corrected chi connectivity index (χ1v) is 9.20. The summed E-state index contributed by atoms with van der Waals surface area (Å²) < 4.78 is 1.23. The molecule has 0 aromatic carbocycles. The van der Waals surface area contributed by atoms with Gasteiger partial charge in [-0.05, 0) is 47.7 Å². The molecule has 1 unspecified atom stereocenters. The van der Waals surface area contributed by atoms with Crippen LogP contribution in [0.2, 0.25) is 0 Å². The van der Waals surface area contributed by atoms with Crippen molar-refractivity contribution >= 4 is 27.3 Å². The molecule has 3 rings (SSSR count). The Morgan fingerprint density at radius 3 is 2.55 bits per heavy atom. The number of halogens is 1. The van der Waals surface area contributed by atoms with Gasteiger partial charge in [-0.1, -0.05) is 0 Å². The van der Waals surface area contributed by atoms with Crippen LogP contribution in [0.25, 0.3) is 0 Å². The number of hydrogen-bond acceptors (Lipinski definition) is 4. The molecule has 1 aromatic rings. The highest BCUT2D eigenvalue weighted by atomic mass is 79.9. The van der Waals surface area contributed by atoms with Gasteiger partial charge in [0.1, 0.15) is 0 Å². The summed E-state index contributed by atoms with van der Waals surface area (Å²) in [4.78, 5) is 7.97. The molecule has 2 fully saturated rings. The highest BCUT2D eigenvalue weighted by Crippen LogP contribution is 2.34. The van der Waals surface area contributed by atoms with Crippen molar-refractivity contribution in [3.05, 3.63) is 20.3 Å². The van der Waals surface area contributed by atoms with Gasteiger partial charge in [0.15, 0.2) is 0 Å². The lowest BCUT2D eigenvalue weighted by molar-refractivity contribution is 0.0968. The molecule has 1 atom stereocenters. The maximum Gasteiger partial charge on any atom is 0.0565 e. The fraction of sp³-hybridized carbons (Fsp3) is 0.733. The van der Waals surface area contributed by atoms with Gasteiger partial charge in [0.2, 0.25) is 0 Å². The van der Waals surface area contributed by atoms with Crippen LogP contribution in [0, 0.1) is 12.8 Å². The van der Waals surface area contributed by atoms with E-state index in [0.717, 1.165) is 25.6 Å². The summed E-state index contributed by atoms with van der Waals surface area (Å²) in [5.74, 6) is 1.00. The minimum absolute atomic E-state index is 0.396. The van der Waals surface area contributed by atoms with E-state index in [9.17, 15) is 0 Å². The smallest absolute Gasteiger partial charge is 0.0565 e. The van der Waals surface area contributed by atoms with Gasteiger partial charge in [0.05, 0.1) is 6.04 Å². The molecule has 3 nitrogen and oxygen atoms in total. The van der Waals surface area contributed by atoms with Gasteiger partial charge < -0.3 is 10.6 Å². The molecule has 0 bridgehead atoms. The standard InChI is InChI=1S/C15H24BrN3S/c1-11-13(16)8-15(20-11)14(9-17)19-6-4-18(5-7-19)10-12-2-3-12/h8,12,14H,2-7,9-10,17H2,1H3. The van der Waals surface area contributed by atoms with Gasteiger partial charge in [0.25, 0.3) is 0 Å². The quantitative estimate of drug-likeness (QED) is 0.879. The molecule has 1 aromatic heterocycles. The number of hydrogen-bond donors (Lipinski definition) is 1. The van der Waals surface area contributed by atoms with Gasteiger partial charge in [-0.2, -0.15) is 0 Å². The Morgan fingerprint density at radius 2 is 2.05 bits per heavy atom. The number of thiophene rings is 1. The second-order valence-electron chi connectivity index (χ2n) is 6.08. The van der Waals surface area contributed by atoms with E-state index in [4.69, 9.17) is 5.73 Å². The molecule has 2 aliphatic rings. The molecule has 20 heavy (non-hydrogen) atoms. The summed E-state index contributed by atoms with van der Waals surface area (Å²) in [6, 6.07) is 2.65. The highest BCUT2D eigenvalue weighted by molar-refractivity contribution is 9.10. The summed E-state index contributed by atoms with van der Waals surface area (Å²) in [5, 5.41) is 0. The number of aryl methyl sites for hydroxylation is 1. The van der Waals surface area contributed by atoms with Gasteiger partial charge >= 0.3 is 0 Å². The molecule has 1 aliphatic carbocycles. The van der Waals surface area contributed by atoms with Crippen LogP contribution in [0.15, 0.2) is 10.5 Å². The number of rotatable bonds is 5. The third kappa shape index (κ3) is 3.45. The summed E-state index contributed by atoms with van der Waals surface area (Å²) >= 11 is 5.50. The Morgan fingerprint density at radius 1 is 1.35 bits per heavy atom. The fourth-order valence-corrected chi connectivity index (χ4v) is 4.72. The lowest BCUT2D eigenvalue weighted by Gasteiger charge is -2.38. The molecule has 0 amide bonds. The molecule has 1 aliphatic heterocycles. The lowest BCUT2D eigenvalue weighted by atomic mass is 10.1. The number of piperazine rings is 1. The van der Waals surface area contributed by atoms with Crippen LogP contribution in [-0.2, 0) is 0 Å². The van der Waals surface area contributed by atoms with Crippen LogP contribution < -0.4 is 5.73 Å². The zero-order valence-corrected chi connectivity index (χ0v) is 14.5. The van der Waals surface area contributed by atoms with E-state index in [2.05, 4.69) is 38.7 Å². The second kappa shape index (κ2) is 6.44. The summed E-state index contributed by atoms with van der Waals surface area (Å²) in [6.45, 7) is 8.93. The Hall–Kier alpha value is 0.0600. The van der Waals surface area contributed by atoms with Gasteiger partial charge in [-0.3, -0.25) is 4.90 Å². The van der Waals surface area contributed by atoms with Crippen molar-refractivity contribution in [3.63, 3.8) is 0 Å². The Kier molecular flexibility index (Phi) is 4.82. The lowest BCUT2D eigenvalue weighted by Crippen LogP contribution is -2.49. The van der Waals surface area contributed by atoms with E-state index < -0.39 is 0 Å². The second-order valence-corrected chi connectivity index (χ2v) is 8.23. The Bertz CT molecular complexity index is 430. The van der Waals surface area contributed by atoms with E-state index in [1.165, 1.54) is 46.7 Å². The zero-order valence-electron chi connectivity index (χ0n) is 12.1. The molecule has 2 N–H and O–H groups in total. The number of nitrogens with two attached hydrogens (primary N) is 1. The van der Waals surface area contributed by atoms with Crippen LogP contribution in [0.3, 0.4) is 0 Å². The van der Waals surface area contributed by atoms with Gasteiger partial charge in [0, 0.05) is 53.5 Å². The van der Waals surface area contributed by atoms with Crippen molar-refractivity contribution in [1.82, 2.24) is 9.80 Å². The van der Waals surface area contributed by atoms with Crippen molar-refractivity contribution in [3.8, 4) is 0 Å². The average molecular weight is 358 g/mol. The molecule has 0 radical (unpaired) electrons. The predicted molar refractivity (Wildman–Crippen MR) is 89.3 cm³/mol. The molecular weight excluding hydrogens is 334 g/mol. The van der Waals surface area contributed by atoms with Crippen molar-refractivity contribution < 1.29 is 0 Å². The Balaban J connectivity index is 1.59. The maximum atomic E-state index is 6.06. The normalized spacial score (nSPS) is 23.1. The first-order valence-electron chi connectivity index (χ1n) is 7.59. The van der Waals surface area contributed by atoms with E-state index in [1.54, 1.807) is 0 Å². The fourth-order valence-electron chi connectivity index (χ4n) is 3.01. The van der Waals surface area contributed by atoms with Crippen LogP contribution >= 0.6 is 27.3 Å². The van der Waals surface area contributed by atoms with Crippen LogP contribution in [-0.4, -0.2) is 49.1 Å².